The Kier molecular flexibility index (Phi) is 5.35. The van der Waals surface area contributed by atoms with Crippen LogP contribution < -0.4 is 4.90 Å². The van der Waals surface area contributed by atoms with Crippen molar-refractivity contribution >= 4 is 11.9 Å². The molecule has 0 aliphatic carbocycles. The van der Waals surface area contributed by atoms with Crippen molar-refractivity contribution in [3.8, 4) is 0 Å². The molecule has 0 saturated carbocycles. The van der Waals surface area contributed by atoms with Gasteiger partial charge in [0.1, 0.15) is 0 Å². The normalized spacial score (nSPS) is 15.5. The van der Waals surface area contributed by atoms with Gasteiger partial charge in [-0.2, -0.15) is 4.98 Å². The number of anilines is 1. The molecule has 0 aromatic carbocycles. The van der Waals surface area contributed by atoms with Gasteiger partial charge in [-0.1, -0.05) is 12.1 Å². The summed E-state index contributed by atoms with van der Waals surface area (Å²) in [6, 6.07) is 1.79. The van der Waals surface area contributed by atoms with Crippen molar-refractivity contribution in [2.45, 2.75) is 39.2 Å². The fourth-order valence-electron chi connectivity index (χ4n) is 2.69. The third-order valence-electron chi connectivity index (χ3n) is 3.98. The molecule has 0 spiro atoms. The first-order chi connectivity index (χ1) is 11.8. The Morgan fingerprint density at radius 3 is 2.79 bits per heavy atom. The highest BCUT2D eigenvalue weighted by Crippen LogP contribution is 2.21. The van der Waals surface area contributed by atoms with Crippen molar-refractivity contribution < 1.29 is 14.1 Å². The molecule has 128 valence electrons. The van der Waals surface area contributed by atoms with E-state index >= 15 is 0 Å². The molecule has 0 amide bonds. The second-order valence-corrected chi connectivity index (χ2v) is 5.77. The van der Waals surface area contributed by atoms with Crippen molar-refractivity contribution in [1.82, 2.24) is 20.1 Å². The molecular weight excluding hydrogens is 310 g/mol. The molecule has 8 nitrogen and oxygen atoms in total. The van der Waals surface area contributed by atoms with Crippen LogP contribution in [0, 0.1) is 5.92 Å². The SMILES string of the molecule is CCCc1noc(COC(=O)C2CCN(c3ncccn3)CC2)n1. The molecule has 24 heavy (non-hydrogen) atoms. The quantitative estimate of drug-likeness (QED) is 0.739. The zero-order valence-electron chi connectivity index (χ0n) is 13.7. The molecule has 1 aliphatic rings. The van der Waals surface area contributed by atoms with Crippen molar-refractivity contribution in [1.29, 1.82) is 0 Å². The van der Waals surface area contributed by atoms with Crippen LogP contribution in [0.2, 0.25) is 0 Å². The molecule has 1 aliphatic heterocycles. The number of carbonyl (C=O) groups is 1. The number of carbonyl (C=O) groups excluding carboxylic acids is 1. The Bertz CT molecular complexity index is 653. The standard InChI is InChI=1S/C16H21N5O3/c1-2-4-13-19-14(24-20-13)11-23-15(22)12-5-9-21(10-6-12)16-17-7-3-8-18-16/h3,7-8,12H,2,4-6,9-11H2,1H3. The van der Waals surface area contributed by atoms with Crippen LogP contribution in [0.1, 0.15) is 37.9 Å². The van der Waals surface area contributed by atoms with E-state index in [2.05, 4.69) is 25.0 Å². The van der Waals surface area contributed by atoms with E-state index in [1.807, 2.05) is 6.92 Å². The lowest BCUT2D eigenvalue weighted by Crippen LogP contribution is -2.37. The zero-order chi connectivity index (χ0) is 16.8. The highest BCUT2D eigenvalue weighted by atomic mass is 16.6. The van der Waals surface area contributed by atoms with E-state index in [0.29, 0.717) is 17.7 Å². The van der Waals surface area contributed by atoms with E-state index in [-0.39, 0.29) is 18.5 Å². The van der Waals surface area contributed by atoms with Crippen LogP contribution in [-0.2, 0) is 22.6 Å². The van der Waals surface area contributed by atoms with Crippen LogP contribution in [0.15, 0.2) is 23.0 Å². The molecule has 1 fully saturated rings. The lowest BCUT2D eigenvalue weighted by Gasteiger charge is -2.30. The molecule has 8 heteroatoms. The third kappa shape index (κ3) is 4.06. The number of aryl methyl sites for hydroxylation is 1. The second-order valence-electron chi connectivity index (χ2n) is 5.77. The summed E-state index contributed by atoms with van der Waals surface area (Å²) < 4.78 is 10.4. The van der Waals surface area contributed by atoms with Crippen LogP contribution in [0.4, 0.5) is 5.95 Å². The van der Waals surface area contributed by atoms with Gasteiger partial charge in [0.2, 0.25) is 5.95 Å². The van der Waals surface area contributed by atoms with Crippen LogP contribution in [0.5, 0.6) is 0 Å². The molecule has 0 unspecified atom stereocenters. The summed E-state index contributed by atoms with van der Waals surface area (Å²) in [7, 11) is 0. The van der Waals surface area contributed by atoms with Gasteiger partial charge in [-0.25, -0.2) is 9.97 Å². The fraction of sp³-hybridized carbons (Fsp3) is 0.562. The number of nitrogens with zero attached hydrogens (tertiary/aromatic N) is 5. The Morgan fingerprint density at radius 1 is 1.33 bits per heavy atom. The van der Waals surface area contributed by atoms with Crippen LogP contribution in [0.25, 0.3) is 0 Å². The van der Waals surface area contributed by atoms with Crippen LogP contribution in [-0.4, -0.2) is 39.2 Å². The maximum absolute atomic E-state index is 12.2. The van der Waals surface area contributed by atoms with E-state index in [0.717, 1.165) is 38.8 Å². The molecule has 0 atom stereocenters. The number of rotatable bonds is 6. The first-order valence-corrected chi connectivity index (χ1v) is 8.26. The Labute approximate surface area is 140 Å². The van der Waals surface area contributed by atoms with Crippen molar-refractivity contribution in [3.05, 3.63) is 30.2 Å². The number of piperidine rings is 1. The molecule has 0 N–H and O–H groups in total. The first-order valence-electron chi connectivity index (χ1n) is 8.26. The van der Waals surface area contributed by atoms with Gasteiger partial charge in [0.05, 0.1) is 5.92 Å². The summed E-state index contributed by atoms with van der Waals surface area (Å²) in [6.07, 6.45) is 6.60. The minimum atomic E-state index is -0.209. The predicted octanol–water partition coefficient (Wildman–Crippen LogP) is 1.77. The maximum Gasteiger partial charge on any atom is 0.309 e. The monoisotopic (exact) mass is 331 g/mol. The summed E-state index contributed by atoms with van der Waals surface area (Å²) in [6.45, 7) is 3.57. The number of hydrogen-bond donors (Lipinski definition) is 0. The molecular formula is C16H21N5O3. The minimum absolute atomic E-state index is 0.0392. The van der Waals surface area contributed by atoms with Gasteiger partial charge in [0.25, 0.3) is 5.89 Å². The molecule has 0 radical (unpaired) electrons. The maximum atomic E-state index is 12.2. The second kappa shape index (κ2) is 7.85. The number of hydrogen-bond acceptors (Lipinski definition) is 8. The number of esters is 1. The van der Waals surface area contributed by atoms with Crippen molar-refractivity contribution in [2.24, 2.45) is 5.92 Å². The molecule has 3 heterocycles. The smallest absolute Gasteiger partial charge is 0.309 e. The molecule has 1 saturated heterocycles. The van der Waals surface area contributed by atoms with Gasteiger partial charge >= 0.3 is 5.97 Å². The van der Waals surface area contributed by atoms with E-state index < -0.39 is 0 Å². The van der Waals surface area contributed by atoms with Gasteiger partial charge in [-0.15, -0.1) is 0 Å². The summed E-state index contributed by atoms with van der Waals surface area (Å²) in [5, 5.41) is 3.84. The zero-order valence-corrected chi connectivity index (χ0v) is 13.7. The van der Waals surface area contributed by atoms with Gasteiger partial charge in [0.15, 0.2) is 12.4 Å². The topological polar surface area (TPSA) is 94.2 Å². The lowest BCUT2D eigenvalue weighted by atomic mass is 9.97. The summed E-state index contributed by atoms with van der Waals surface area (Å²) in [5.41, 5.74) is 0. The van der Waals surface area contributed by atoms with Crippen LogP contribution in [0.3, 0.4) is 0 Å². The molecule has 2 aromatic rings. The summed E-state index contributed by atoms with van der Waals surface area (Å²) >= 11 is 0. The minimum Gasteiger partial charge on any atom is -0.455 e. The highest BCUT2D eigenvalue weighted by Gasteiger charge is 2.27. The van der Waals surface area contributed by atoms with E-state index in [1.165, 1.54) is 0 Å². The third-order valence-corrected chi connectivity index (χ3v) is 3.98. The Hall–Kier alpha value is -2.51. The van der Waals surface area contributed by atoms with E-state index in [4.69, 9.17) is 9.26 Å². The average molecular weight is 331 g/mol. The Balaban J connectivity index is 1.45. The predicted molar refractivity (Wildman–Crippen MR) is 85.1 cm³/mol. The Morgan fingerprint density at radius 2 is 2.08 bits per heavy atom. The molecule has 3 rings (SSSR count). The summed E-state index contributed by atoms with van der Waals surface area (Å²) in [5.74, 6) is 1.39. The van der Waals surface area contributed by atoms with Gasteiger partial charge in [-0.05, 0) is 25.3 Å². The first kappa shape index (κ1) is 16.4. The fourth-order valence-corrected chi connectivity index (χ4v) is 2.69. The lowest BCUT2D eigenvalue weighted by molar-refractivity contribution is -0.151. The molecule has 0 bridgehead atoms. The highest BCUT2D eigenvalue weighted by molar-refractivity contribution is 5.72. The van der Waals surface area contributed by atoms with Crippen molar-refractivity contribution in [3.63, 3.8) is 0 Å². The van der Waals surface area contributed by atoms with Crippen LogP contribution >= 0.6 is 0 Å². The largest absolute Gasteiger partial charge is 0.455 e. The van der Waals surface area contributed by atoms with Crippen molar-refractivity contribution in [2.75, 3.05) is 18.0 Å². The van der Waals surface area contributed by atoms with Gasteiger partial charge in [0, 0.05) is 31.9 Å². The van der Waals surface area contributed by atoms with Gasteiger partial charge < -0.3 is 14.2 Å². The van der Waals surface area contributed by atoms with E-state index in [9.17, 15) is 4.79 Å². The average Bonchev–Trinajstić information content (AvgIpc) is 3.08. The van der Waals surface area contributed by atoms with Gasteiger partial charge in [-0.3, -0.25) is 4.79 Å². The number of ether oxygens (including phenoxy) is 1. The number of aromatic nitrogens is 4. The molecule has 2 aromatic heterocycles. The summed E-state index contributed by atoms with van der Waals surface area (Å²) in [4.78, 5) is 26.9. The van der Waals surface area contributed by atoms with E-state index in [1.54, 1.807) is 18.5 Å².